The molecule has 74 valence electrons. The molecule has 1 aliphatic rings. The Kier molecular flexibility index (Phi) is 5.47. The van der Waals surface area contributed by atoms with Crippen LogP contribution in [0.15, 0.2) is 0 Å². The summed E-state index contributed by atoms with van der Waals surface area (Å²) in [4.78, 5) is 0. The summed E-state index contributed by atoms with van der Waals surface area (Å²) in [5.41, 5.74) is -0.908. The molecule has 0 radical (unpaired) electrons. The summed E-state index contributed by atoms with van der Waals surface area (Å²) in [5.74, 6) is 0.211. The van der Waals surface area contributed by atoms with Crippen molar-refractivity contribution in [2.45, 2.75) is 46.2 Å². The summed E-state index contributed by atoms with van der Waals surface area (Å²) in [6, 6.07) is 0. The molecular formula is C10H22FN. The third kappa shape index (κ3) is 2.74. The molecule has 0 saturated carbocycles. The van der Waals surface area contributed by atoms with Gasteiger partial charge in [0.15, 0.2) is 0 Å². The summed E-state index contributed by atoms with van der Waals surface area (Å²) >= 11 is 0. The van der Waals surface area contributed by atoms with Gasteiger partial charge in [-0.05, 0) is 18.9 Å². The van der Waals surface area contributed by atoms with Crippen molar-refractivity contribution in [1.82, 2.24) is 5.32 Å². The van der Waals surface area contributed by atoms with E-state index < -0.39 is 5.67 Å². The molecule has 1 saturated heterocycles. The van der Waals surface area contributed by atoms with E-state index in [0.29, 0.717) is 13.0 Å². The topological polar surface area (TPSA) is 12.0 Å². The van der Waals surface area contributed by atoms with Crippen molar-refractivity contribution >= 4 is 0 Å². The van der Waals surface area contributed by atoms with Crippen molar-refractivity contribution in [2.75, 3.05) is 13.1 Å². The van der Waals surface area contributed by atoms with Gasteiger partial charge in [-0.1, -0.05) is 34.1 Å². The Morgan fingerprint density at radius 1 is 1.50 bits per heavy atom. The number of alkyl halides is 1. The summed E-state index contributed by atoms with van der Waals surface area (Å²) in [6.07, 6.45) is 1.64. The summed E-state index contributed by atoms with van der Waals surface area (Å²) < 4.78 is 13.6. The second-order valence-electron chi connectivity index (χ2n) is 3.27. The maximum atomic E-state index is 13.6. The summed E-state index contributed by atoms with van der Waals surface area (Å²) in [6.45, 7) is 9.44. The maximum absolute atomic E-state index is 13.6. The van der Waals surface area contributed by atoms with Gasteiger partial charge in [-0.25, -0.2) is 4.39 Å². The molecule has 1 N–H and O–H groups in total. The van der Waals surface area contributed by atoms with Crippen molar-refractivity contribution in [3.63, 3.8) is 0 Å². The van der Waals surface area contributed by atoms with Crippen molar-refractivity contribution in [2.24, 2.45) is 5.92 Å². The van der Waals surface area contributed by atoms with Gasteiger partial charge < -0.3 is 5.32 Å². The molecule has 0 bridgehead atoms. The fourth-order valence-electron chi connectivity index (χ4n) is 1.47. The van der Waals surface area contributed by atoms with Gasteiger partial charge >= 0.3 is 0 Å². The molecule has 1 aliphatic heterocycles. The van der Waals surface area contributed by atoms with Gasteiger partial charge in [-0.2, -0.15) is 0 Å². The molecule has 1 heterocycles. The molecule has 0 aliphatic carbocycles. The van der Waals surface area contributed by atoms with Crippen LogP contribution in [0, 0.1) is 5.92 Å². The van der Waals surface area contributed by atoms with Gasteiger partial charge in [0.05, 0.1) is 0 Å². The van der Waals surface area contributed by atoms with E-state index in [4.69, 9.17) is 0 Å². The molecule has 0 amide bonds. The molecule has 1 fully saturated rings. The number of rotatable bonds is 2. The van der Waals surface area contributed by atoms with Crippen molar-refractivity contribution < 1.29 is 4.39 Å². The van der Waals surface area contributed by atoms with E-state index in [1.54, 1.807) is 0 Å². The van der Waals surface area contributed by atoms with E-state index >= 15 is 0 Å². The molecule has 2 heteroatoms. The minimum absolute atomic E-state index is 0.211. The van der Waals surface area contributed by atoms with E-state index in [1.165, 1.54) is 0 Å². The third-order valence-electron chi connectivity index (χ3n) is 2.63. The van der Waals surface area contributed by atoms with Crippen LogP contribution in [0.5, 0.6) is 0 Å². The average molecular weight is 175 g/mol. The third-order valence-corrected chi connectivity index (χ3v) is 2.63. The molecule has 1 rings (SSSR count). The van der Waals surface area contributed by atoms with E-state index in [0.717, 1.165) is 13.0 Å². The van der Waals surface area contributed by atoms with E-state index in [1.807, 2.05) is 27.7 Å². The van der Waals surface area contributed by atoms with Gasteiger partial charge in [0.2, 0.25) is 0 Å². The first-order chi connectivity index (χ1) is 5.69. The SMILES string of the molecule is CC.CCC(C)C1(F)CCNC1. The fraction of sp³-hybridized carbons (Fsp3) is 1.00. The average Bonchev–Trinajstić information content (AvgIpc) is 2.55. The fourth-order valence-corrected chi connectivity index (χ4v) is 1.47. The zero-order chi connectivity index (χ0) is 9.61. The molecule has 1 nitrogen and oxygen atoms in total. The molecule has 0 aromatic heterocycles. The standard InChI is InChI=1S/C8H16FN.C2H6/c1-3-7(2)8(9)4-5-10-6-8;1-2/h7,10H,3-6H2,1-2H3;1-2H3. The highest BCUT2D eigenvalue weighted by Gasteiger charge is 2.37. The monoisotopic (exact) mass is 175 g/mol. The number of halogens is 1. The molecule has 0 spiro atoms. The largest absolute Gasteiger partial charge is 0.313 e. The highest BCUT2D eigenvalue weighted by Crippen LogP contribution is 2.30. The molecule has 2 atom stereocenters. The van der Waals surface area contributed by atoms with Gasteiger partial charge in [-0.15, -0.1) is 0 Å². The molecular weight excluding hydrogens is 153 g/mol. The first kappa shape index (κ1) is 11.9. The first-order valence-corrected chi connectivity index (χ1v) is 5.08. The Labute approximate surface area is 75.7 Å². The van der Waals surface area contributed by atoms with Crippen LogP contribution in [0.1, 0.15) is 40.5 Å². The Morgan fingerprint density at radius 3 is 2.42 bits per heavy atom. The van der Waals surface area contributed by atoms with Crippen LogP contribution >= 0.6 is 0 Å². The molecule has 0 aromatic rings. The lowest BCUT2D eigenvalue weighted by molar-refractivity contribution is 0.111. The Morgan fingerprint density at radius 2 is 2.08 bits per heavy atom. The van der Waals surface area contributed by atoms with E-state index in [9.17, 15) is 4.39 Å². The quantitative estimate of drug-likeness (QED) is 0.680. The van der Waals surface area contributed by atoms with Crippen LogP contribution in [0.4, 0.5) is 4.39 Å². The van der Waals surface area contributed by atoms with Crippen molar-refractivity contribution in [1.29, 1.82) is 0 Å². The van der Waals surface area contributed by atoms with Crippen LogP contribution in [0.2, 0.25) is 0 Å². The van der Waals surface area contributed by atoms with E-state index in [2.05, 4.69) is 5.32 Å². The Bertz CT molecular complexity index is 108. The lowest BCUT2D eigenvalue weighted by Gasteiger charge is -2.24. The van der Waals surface area contributed by atoms with Crippen LogP contribution in [0.25, 0.3) is 0 Å². The molecule has 2 unspecified atom stereocenters. The first-order valence-electron chi connectivity index (χ1n) is 5.08. The van der Waals surface area contributed by atoms with Crippen molar-refractivity contribution in [3.05, 3.63) is 0 Å². The van der Waals surface area contributed by atoms with Crippen molar-refractivity contribution in [3.8, 4) is 0 Å². The number of hydrogen-bond acceptors (Lipinski definition) is 1. The van der Waals surface area contributed by atoms with Crippen LogP contribution < -0.4 is 5.32 Å². The highest BCUT2D eigenvalue weighted by molar-refractivity contribution is 4.91. The lowest BCUT2D eigenvalue weighted by atomic mass is 9.88. The molecule has 0 aromatic carbocycles. The normalized spacial score (nSPS) is 30.8. The minimum Gasteiger partial charge on any atom is -0.313 e. The minimum atomic E-state index is -0.908. The van der Waals surface area contributed by atoms with Gasteiger partial charge in [0.25, 0.3) is 0 Å². The Balaban J connectivity index is 0.000000561. The van der Waals surface area contributed by atoms with Gasteiger partial charge in [0.1, 0.15) is 5.67 Å². The summed E-state index contributed by atoms with van der Waals surface area (Å²) in [7, 11) is 0. The second kappa shape index (κ2) is 5.52. The molecule has 12 heavy (non-hydrogen) atoms. The smallest absolute Gasteiger partial charge is 0.127 e. The number of hydrogen-bond donors (Lipinski definition) is 1. The Hall–Kier alpha value is -0.110. The number of nitrogens with one attached hydrogen (secondary N) is 1. The lowest BCUT2D eigenvalue weighted by Crippen LogP contribution is -2.33. The predicted molar refractivity (Wildman–Crippen MR) is 52.1 cm³/mol. The van der Waals surface area contributed by atoms with Crippen LogP contribution in [0.3, 0.4) is 0 Å². The zero-order valence-corrected chi connectivity index (χ0v) is 8.78. The predicted octanol–water partition coefficient (Wildman–Crippen LogP) is 2.76. The van der Waals surface area contributed by atoms with Crippen LogP contribution in [-0.4, -0.2) is 18.8 Å². The van der Waals surface area contributed by atoms with Crippen LogP contribution in [-0.2, 0) is 0 Å². The van der Waals surface area contributed by atoms with Gasteiger partial charge in [0, 0.05) is 6.54 Å². The second-order valence-corrected chi connectivity index (χ2v) is 3.27. The summed E-state index contributed by atoms with van der Waals surface area (Å²) in [5, 5.41) is 3.05. The zero-order valence-electron chi connectivity index (χ0n) is 8.78. The maximum Gasteiger partial charge on any atom is 0.127 e. The van der Waals surface area contributed by atoms with E-state index in [-0.39, 0.29) is 5.92 Å². The highest BCUT2D eigenvalue weighted by atomic mass is 19.1. The van der Waals surface area contributed by atoms with Gasteiger partial charge in [-0.3, -0.25) is 0 Å².